The fourth-order valence-electron chi connectivity index (χ4n) is 1.52. The molecule has 0 atom stereocenters. The van der Waals surface area contributed by atoms with Gasteiger partial charge in [0.05, 0.1) is 10.6 Å². The molecule has 88 valence electrons. The maximum absolute atomic E-state index is 11.9. The van der Waals surface area contributed by atoms with Crippen LogP contribution in [0.2, 0.25) is 5.02 Å². The highest BCUT2D eigenvalue weighted by atomic mass is 35.5. The lowest BCUT2D eigenvalue weighted by Crippen LogP contribution is -2.26. The van der Waals surface area contributed by atoms with E-state index in [4.69, 9.17) is 11.6 Å². The van der Waals surface area contributed by atoms with Crippen LogP contribution in [0.5, 0.6) is 0 Å². The molecule has 0 spiro atoms. The van der Waals surface area contributed by atoms with Crippen LogP contribution in [0.4, 0.5) is 0 Å². The number of aryl methyl sites for hydroxylation is 1. The fraction of sp³-hybridized carbons (Fsp3) is 0.500. The molecule has 0 bridgehead atoms. The molecule has 0 aliphatic heterocycles. The molecule has 0 aliphatic carbocycles. The first-order valence-corrected chi connectivity index (χ1v) is 5.70. The third kappa shape index (κ3) is 2.73. The van der Waals surface area contributed by atoms with Gasteiger partial charge >= 0.3 is 0 Å². The van der Waals surface area contributed by atoms with Crippen molar-refractivity contribution >= 4 is 17.9 Å². The molecule has 0 saturated carbocycles. The molecule has 1 heterocycles. The van der Waals surface area contributed by atoms with Gasteiger partial charge in [0.15, 0.2) is 6.29 Å². The van der Waals surface area contributed by atoms with Crippen LogP contribution in [0.1, 0.15) is 36.3 Å². The molecule has 0 unspecified atom stereocenters. The smallest absolute Gasteiger partial charge is 0.262 e. The van der Waals surface area contributed by atoms with Gasteiger partial charge in [-0.3, -0.25) is 9.59 Å². The van der Waals surface area contributed by atoms with E-state index in [0.717, 1.165) is 12.1 Å². The molecule has 1 rings (SSSR count). The number of carbonyl (C=O) groups is 1. The van der Waals surface area contributed by atoms with Crippen molar-refractivity contribution in [2.75, 3.05) is 0 Å². The maximum Gasteiger partial charge on any atom is 0.262 e. The number of aldehydes is 1. The van der Waals surface area contributed by atoms with Gasteiger partial charge in [-0.15, -0.1) is 0 Å². The summed E-state index contributed by atoms with van der Waals surface area (Å²) in [6.45, 7) is 6.64. The average Bonchev–Trinajstić information content (AvgIpc) is 2.16. The fourth-order valence-corrected chi connectivity index (χ4v) is 1.80. The molecule has 0 amide bonds. The van der Waals surface area contributed by atoms with Crippen LogP contribution in [0.3, 0.4) is 0 Å². The summed E-state index contributed by atoms with van der Waals surface area (Å²) in [6.07, 6.45) is 1.43. The van der Waals surface area contributed by atoms with Gasteiger partial charge in [0.1, 0.15) is 0 Å². The van der Waals surface area contributed by atoms with Gasteiger partial charge in [-0.25, -0.2) is 0 Å². The Morgan fingerprint density at radius 3 is 2.62 bits per heavy atom. The van der Waals surface area contributed by atoms with Crippen molar-refractivity contribution < 1.29 is 4.79 Å². The highest BCUT2D eigenvalue weighted by Crippen LogP contribution is 2.13. The SMILES string of the molecule is Cc1cc(Cl)c(C=O)c(=O)n1CCC(C)C. The Bertz CT molecular complexity index is 449. The predicted octanol–water partition coefficient (Wildman–Crippen LogP) is 2.67. The van der Waals surface area contributed by atoms with E-state index in [2.05, 4.69) is 13.8 Å². The van der Waals surface area contributed by atoms with Gasteiger partial charge in [0.2, 0.25) is 0 Å². The lowest BCUT2D eigenvalue weighted by atomic mass is 10.1. The van der Waals surface area contributed by atoms with E-state index in [9.17, 15) is 9.59 Å². The van der Waals surface area contributed by atoms with Crippen molar-refractivity contribution in [2.24, 2.45) is 5.92 Å². The van der Waals surface area contributed by atoms with Crippen molar-refractivity contribution in [2.45, 2.75) is 33.7 Å². The molecule has 4 heteroatoms. The number of carbonyl (C=O) groups excluding carboxylic acids is 1. The van der Waals surface area contributed by atoms with Gasteiger partial charge in [0.25, 0.3) is 5.56 Å². The summed E-state index contributed by atoms with van der Waals surface area (Å²) in [5.41, 5.74) is 0.554. The van der Waals surface area contributed by atoms with Crippen molar-refractivity contribution in [1.29, 1.82) is 0 Å². The third-order valence-electron chi connectivity index (χ3n) is 2.54. The standard InChI is InChI=1S/C12H16ClNO2/c1-8(2)4-5-14-9(3)6-11(13)10(7-15)12(14)16/h6-8H,4-5H2,1-3H3. The molecule has 16 heavy (non-hydrogen) atoms. The molecule has 0 radical (unpaired) electrons. The first-order chi connectivity index (χ1) is 7.47. The van der Waals surface area contributed by atoms with Crippen LogP contribution in [0.15, 0.2) is 10.9 Å². The topological polar surface area (TPSA) is 39.1 Å². The van der Waals surface area contributed by atoms with Gasteiger partial charge in [-0.2, -0.15) is 0 Å². The Kier molecular flexibility index (Phi) is 4.30. The zero-order valence-corrected chi connectivity index (χ0v) is 10.5. The Morgan fingerprint density at radius 2 is 2.12 bits per heavy atom. The molecular formula is C12H16ClNO2. The summed E-state index contributed by atoms with van der Waals surface area (Å²) >= 11 is 5.83. The number of hydrogen-bond donors (Lipinski definition) is 0. The quantitative estimate of drug-likeness (QED) is 0.761. The van der Waals surface area contributed by atoms with Crippen LogP contribution in [0, 0.1) is 12.8 Å². The molecule has 1 aromatic heterocycles. The Labute approximate surface area is 100 Å². The van der Waals surface area contributed by atoms with E-state index >= 15 is 0 Å². The zero-order chi connectivity index (χ0) is 12.3. The Morgan fingerprint density at radius 1 is 1.50 bits per heavy atom. The van der Waals surface area contributed by atoms with E-state index in [1.165, 1.54) is 0 Å². The normalized spacial score (nSPS) is 10.8. The van der Waals surface area contributed by atoms with Gasteiger partial charge in [-0.1, -0.05) is 25.4 Å². The van der Waals surface area contributed by atoms with Crippen LogP contribution in [0.25, 0.3) is 0 Å². The van der Waals surface area contributed by atoms with E-state index in [0.29, 0.717) is 18.7 Å². The lowest BCUT2D eigenvalue weighted by molar-refractivity contribution is 0.112. The molecule has 0 aromatic carbocycles. The van der Waals surface area contributed by atoms with Crippen molar-refractivity contribution in [3.63, 3.8) is 0 Å². The second-order valence-corrected chi connectivity index (χ2v) is 4.71. The molecule has 0 aliphatic rings. The number of aromatic nitrogens is 1. The van der Waals surface area contributed by atoms with E-state index in [1.807, 2.05) is 6.92 Å². The minimum atomic E-state index is -0.291. The summed E-state index contributed by atoms with van der Waals surface area (Å²) in [5, 5.41) is 0.235. The summed E-state index contributed by atoms with van der Waals surface area (Å²) in [7, 11) is 0. The van der Waals surface area contributed by atoms with E-state index in [1.54, 1.807) is 10.6 Å². The predicted molar refractivity (Wildman–Crippen MR) is 65.3 cm³/mol. The molecule has 0 N–H and O–H groups in total. The van der Waals surface area contributed by atoms with Crippen LogP contribution < -0.4 is 5.56 Å². The monoisotopic (exact) mass is 241 g/mol. The molecular weight excluding hydrogens is 226 g/mol. The number of hydrogen-bond acceptors (Lipinski definition) is 2. The number of rotatable bonds is 4. The Hall–Kier alpha value is -1.09. The van der Waals surface area contributed by atoms with E-state index in [-0.39, 0.29) is 16.1 Å². The minimum absolute atomic E-state index is 0.0519. The van der Waals surface area contributed by atoms with Gasteiger partial charge in [-0.05, 0) is 25.3 Å². The molecule has 3 nitrogen and oxygen atoms in total. The van der Waals surface area contributed by atoms with Crippen LogP contribution in [-0.2, 0) is 6.54 Å². The summed E-state index contributed by atoms with van der Waals surface area (Å²) in [4.78, 5) is 22.7. The summed E-state index contributed by atoms with van der Waals surface area (Å²) in [6, 6.07) is 1.66. The van der Waals surface area contributed by atoms with Crippen LogP contribution >= 0.6 is 11.6 Å². The first-order valence-electron chi connectivity index (χ1n) is 5.32. The van der Waals surface area contributed by atoms with Crippen LogP contribution in [-0.4, -0.2) is 10.9 Å². The summed E-state index contributed by atoms with van der Waals surface area (Å²) < 4.78 is 1.61. The number of nitrogens with zero attached hydrogens (tertiary/aromatic N) is 1. The molecule has 0 fully saturated rings. The van der Waals surface area contributed by atoms with Crippen molar-refractivity contribution in [3.8, 4) is 0 Å². The summed E-state index contributed by atoms with van der Waals surface area (Å²) in [5.74, 6) is 0.515. The van der Waals surface area contributed by atoms with Crippen molar-refractivity contribution in [3.05, 3.63) is 32.7 Å². The average molecular weight is 242 g/mol. The molecule has 1 aromatic rings. The second kappa shape index (κ2) is 5.30. The van der Waals surface area contributed by atoms with Gasteiger partial charge < -0.3 is 4.57 Å². The number of halogens is 1. The highest BCUT2D eigenvalue weighted by molar-refractivity contribution is 6.32. The first kappa shape index (κ1) is 13.0. The van der Waals surface area contributed by atoms with Crippen molar-refractivity contribution in [1.82, 2.24) is 4.57 Å². The third-order valence-corrected chi connectivity index (χ3v) is 2.85. The van der Waals surface area contributed by atoms with E-state index < -0.39 is 0 Å². The zero-order valence-electron chi connectivity index (χ0n) is 9.79. The highest BCUT2D eigenvalue weighted by Gasteiger charge is 2.10. The maximum atomic E-state index is 11.9. The van der Waals surface area contributed by atoms with Gasteiger partial charge in [0, 0.05) is 12.2 Å². The minimum Gasteiger partial charge on any atom is -0.312 e. The Balaban J connectivity index is 3.18. The lowest BCUT2D eigenvalue weighted by Gasteiger charge is -2.12. The second-order valence-electron chi connectivity index (χ2n) is 4.30. The largest absolute Gasteiger partial charge is 0.312 e. The molecule has 0 saturated heterocycles. The number of pyridine rings is 1.